The molecular formula is C32H72N2O4S. The van der Waals surface area contributed by atoms with E-state index in [1.807, 2.05) is 0 Å². The molecule has 0 saturated heterocycles. The van der Waals surface area contributed by atoms with Gasteiger partial charge >= 0.3 is 0 Å². The predicted molar refractivity (Wildman–Crippen MR) is 166 cm³/mol. The average Bonchev–Trinajstić information content (AvgIpc) is 2.75. The van der Waals surface area contributed by atoms with Gasteiger partial charge in [0.05, 0.1) is 11.1 Å². The van der Waals surface area contributed by atoms with Crippen molar-refractivity contribution in [3.05, 3.63) is 0 Å². The van der Waals surface area contributed by atoms with Crippen LogP contribution in [0, 0.1) is 10.8 Å². The summed E-state index contributed by atoms with van der Waals surface area (Å²) in [5.74, 6) is 0. The summed E-state index contributed by atoms with van der Waals surface area (Å²) in [4.78, 5) is 0. The van der Waals surface area contributed by atoms with Crippen molar-refractivity contribution in [2.75, 3.05) is 0 Å². The summed E-state index contributed by atoms with van der Waals surface area (Å²) in [5.41, 5.74) is 9.70. The summed E-state index contributed by atoms with van der Waals surface area (Å²) in [6, 6.07) is 0. The SMILES string of the molecule is CCCCCCCCCCC(C)(C)C(C)(C)[NH3+].CCCCCCCCCCC(C)(C)C(C)(C)[NH3+].O=S(=O)([O-])[O-]. The van der Waals surface area contributed by atoms with Crippen molar-refractivity contribution < 1.29 is 29.0 Å². The van der Waals surface area contributed by atoms with Crippen molar-refractivity contribution in [1.82, 2.24) is 0 Å². The Labute approximate surface area is 245 Å². The van der Waals surface area contributed by atoms with E-state index in [1.54, 1.807) is 0 Å². The molecule has 0 unspecified atom stereocenters. The molecule has 0 heterocycles. The Morgan fingerprint density at radius 3 is 0.821 bits per heavy atom. The van der Waals surface area contributed by atoms with Crippen molar-refractivity contribution in [1.29, 1.82) is 0 Å². The number of unbranched alkanes of at least 4 members (excludes halogenated alkanes) is 14. The van der Waals surface area contributed by atoms with E-state index in [0.29, 0.717) is 10.8 Å². The maximum Gasteiger partial charge on any atom is 0.0940 e. The Morgan fingerprint density at radius 2 is 0.641 bits per heavy atom. The minimum absolute atomic E-state index is 0.189. The zero-order chi connectivity index (χ0) is 31.2. The van der Waals surface area contributed by atoms with Crippen LogP contribution in [0.1, 0.15) is 185 Å². The molecule has 0 bridgehead atoms. The molecule has 0 spiro atoms. The van der Waals surface area contributed by atoms with Gasteiger partial charge in [-0.15, -0.1) is 0 Å². The second kappa shape index (κ2) is 22.4. The van der Waals surface area contributed by atoms with Gasteiger partial charge in [-0.3, -0.25) is 8.42 Å². The van der Waals surface area contributed by atoms with Crippen molar-refractivity contribution in [2.24, 2.45) is 10.8 Å². The normalized spacial score (nSPS) is 12.9. The lowest BCUT2D eigenvalue weighted by molar-refractivity contribution is -0.494. The van der Waals surface area contributed by atoms with Gasteiger partial charge < -0.3 is 20.6 Å². The molecular weight excluding hydrogens is 508 g/mol. The molecule has 0 aromatic carbocycles. The fraction of sp³-hybridized carbons (Fsp3) is 1.00. The fourth-order valence-electron chi connectivity index (χ4n) is 4.08. The Morgan fingerprint density at radius 1 is 0.462 bits per heavy atom. The van der Waals surface area contributed by atoms with E-state index in [-0.39, 0.29) is 11.1 Å². The van der Waals surface area contributed by atoms with E-state index in [4.69, 9.17) is 17.5 Å². The van der Waals surface area contributed by atoms with E-state index in [1.165, 1.54) is 116 Å². The molecule has 39 heavy (non-hydrogen) atoms. The molecule has 0 radical (unpaired) electrons. The van der Waals surface area contributed by atoms with E-state index in [0.717, 1.165) is 0 Å². The van der Waals surface area contributed by atoms with Crippen LogP contribution in [0.3, 0.4) is 0 Å². The first-order valence-corrected chi connectivity index (χ1v) is 17.3. The van der Waals surface area contributed by atoms with E-state index >= 15 is 0 Å². The maximum atomic E-state index is 8.52. The predicted octanol–water partition coefficient (Wildman–Crippen LogP) is 7.79. The second-order valence-corrected chi connectivity index (χ2v) is 15.2. The van der Waals surface area contributed by atoms with E-state index in [2.05, 4.69) is 80.7 Å². The molecule has 0 fully saturated rings. The summed E-state index contributed by atoms with van der Waals surface area (Å²) >= 11 is 0. The average molecular weight is 581 g/mol. The van der Waals surface area contributed by atoms with Crippen LogP contribution in [-0.4, -0.2) is 28.6 Å². The van der Waals surface area contributed by atoms with Crippen LogP contribution in [0.5, 0.6) is 0 Å². The van der Waals surface area contributed by atoms with Crippen molar-refractivity contribution >= 4 is 10.4 Å². The molecule has 7 heteroatoms. The minimum atomic E-state index is -5.17. The van der Waals surface area contributed by atoms with Gasteiger partial charge in [0, 0.05) is 21.2 Å². The van der Waals surface area contributed by atoms with Gasteiger partial charge in [-0.05, 0) is 40.5 Å². The lowest BCUT2D eigenvalue weighted by Crippen LogP contribution is -2.75. The molecule has 0 aliphatic rings. The van der Waals surface area contributed by atoms with E-state index in [9.17, 15) is 0 Å². The Hall–Kier alpha value is -0.210. The molecule has 0 aliphatic carbocycles. The van der Waals surface area contributed by atoms with Crippen LogP contribution < -0.4 is 11.5 Å². The first kappa shape index (κ1) is 43.2. The highest BCUT2D eigenvalue weighted by Gasteiger charge is 2.36. The largest absolute Gasteiger partial charge is 0.759 e. The van der Waals surface area contributed by atoms with Gasteiger partial charge in [0.25, 0.3) is 0 Å². The maximum absolute atomic E-state index is 8.52. The van der Waals surface area contributed by atoms with Crippen LogP contribution in [0.4, 0.5) is 0 Å². The molecule has 0 aliphatic heterocycles. The Bertz CT molecular complexity index is 598. The first-order valence-electron chi connectivity index (χ1n) is 16.0. The number of hydrogen-bond donors (Lipinski definition) is 2. The van der Waals surface area contributed by atoms with Gasteiger partial charge in [0.15, 0.2) is 0 Å². The molecule has 6 nitrogen and oxygen atoms in total. The summed E-state index contributed by atoms with van der Waals surface area (Å²) in [5, 5.41) is 0. The Kier molecular flexibility index (Phi) is 24.8. The third-order valence-electron chi connectivity index (χ3n) is 8.97. The smallest absolute Gasteiger partial charge is 0.0940 e. The standard InChI is InChI=1S/2C16H35N.H2O4S/c2*1-6-7-8-9-10-11-12-13-14-15(2,3)16(4,5)17;1-5(2,3)4/h2*6-14,17H2,1-5H3;(H2,1,2,3,4). The summed E-state index contributed by atoms with van der Waals surface area (Å²) in [7, 11) is -5.17. The summed E-state index contributed by atoms with van der Waals surface area (Å²) in [6.07, 6.45) is 25.2. The topological polar surface area (TPSA) is 136 Å². The van der Waals surface area contributed by atoms with Gasteiger partial charge in [-0.2, -0.15) is 0 Å². The van der Waals surface area contributed by atoms with Gasteiger partial charge in [0.1, 0.15) is 0 Å². The highest BCUT2D eigenvalue weighted by Crippen LogP contribution is 2.33. The molecule has 0 rings (SSSR count). The first-order chi connectivity index (χ1) is 17.6. The van der Waals surface area contributed by atoms with Crippen LogP contribution >= 0.6 is 0 Å². The molecule has 240 valence electrons. The quantitative estimate of drug-likeness (QED) is 0.0862. The fourth-order valence-corrected chi connectivity index (χ4v) is 4.08. The zero-order valence-corrected chi connectivity index (χ0v) is 29.0. The van der Waals surface area contributed by atoms with Crippen LogP contribution in [0.15, 0.2) is 0 Å². The molecule has 0 saturated carbocycles. The van der Waals surface area contributed by atoms with Crippen molar-refractivity contribution in [3.8, 4) is 0 Å². The van der Waals surface area contributed by atoms with Gasteiger partial charge in [-0.25, -0.2) is 0 Å². The zero-order valence-electron chi connectivity index (χ0n) is 28.2. The van der Waals surface area contributed by atoms with Crippen molar-refractivity contribution in [2.45, 2.75) is 196 Å². The second-order valence-electron chi connectivity index (χ2n) is 14.4. The third kappa shape index (κ3) is 30.6. The number of rotatable bonds is 20. The molecule has 0 atom stereocenters. The van der Waals surface area contributed by atoms with Crippen LogP contribution in [-0.2, 0) is 10.4 Å². The molecule has 0 aromatic rings. The highest BCUT2D eigenvalue weighted by molar-refractivity contribution is 7.79. The van der Waals surface area contributed by atoms with Gasteiger partial charge in [0.2, 0.25) is 0 Å². The van der Waals surface area contributed by atoms with Crippen LogP contribution in [0.2, 0.25) is 0 Å². The molecule has 6 N–H and O–H groups in total. The lowest BCUT2D eigenvalue weighted by atomic mass is 9.72. The lowest BCUT2D eigenvalue weighted by Gasteiger charge is -2.35. The highest BCUT2D eigenvalue weighted by atomic mass is 32.3. The monoisotopic (exact) mass is 581 g/mol. The number of quaternary nitrogens is 2. The minimum Gasteiger partial charge on any atom is -0.759 e. The summed E-state index contributed by atoms with van der Waals surface area (Å²) < 4.78 is 34.1. The molecule has 0 amide bonds. The van der Waals surface area contributed by atoms with Crippen LogP contribution in [0.25, 0.3) is 0 Å². The Balaban J connectivity index is -0.000000566. The van der Waals surface area contributed by atoms with Gasteiger partial charge in [-0.1, -0.05) is 144 Å². The summed E-state index contributed by atoms with van der Waals surface area (Å²) in [6.45, 7) is 23.1. The van der Waals surface area contributed by atoms with E-state index < -0.39 is 10.4 Å². The number of hydrogen-bond acceptors (Lipinski definition) is 4. The third-order valence-corrected chi connectivity index (χ3v) is 8.97. The van der Waals surface area contributed by atoms with Crippen molar-refractivity contribution in [3.63, 3.8) is 0 Å². The molecule has 0 aromatic heterocycles.